The fourth-order valence-corrected chi connectivity index (χ4v) is 4.21. The van der Waals surface area contributed by atoms with Crippen LogP contribution < -0.4 is 4.74 Å². The Labute approximate surface area is 212 Å². The van der Waals surface area contributed by atoms with Gasteiger partial charge in [-0.25, -0.2) is 4.79 Å². The summed E-state index contributed by atoms with van der Waals surface area (Å²) in [6.07, 6.45) is -0.504. The second kappa shape index (κ2) is 9.27. The Morgan fingerprint density at radius 3 is 2.56 bits per heavy atom. The number of carbonyl (C=O) groups excluding carboxylic acids is 1. The van der Waals surface area contributed by atoms with E-state index in [0.717, 1.165) is 11.3 Å². The molecule has 0 bridgehead atoms. The Bertz CT molecular complexity index is 1390. The molecule has 0 radical (unpaired) electrons. The first-order valence-corrected chi connectivity index (χ1v) is 11.8. The van der Waals surface area contributed by atoms with Crippen LogP contribution >= 0.6 is 11.6 Å². The smallest absolute Gasteiger partial charge is 0.411 e. The average molecular weight is 509 g/mol. The molecule has 1 unspecified atom stereocenters. The zero-order chi connectivity index (χ0) is 25.4. The lowest BCUT2D eigenvalue weighted by atomic mass is 10.1. The molecule has 36 heavy (non-hydrogen) atoms. The molecule has 3 heterocycles. The van der Waals surface area contributed by atoms with E-state index in [9.17, 15) is 4.79 Å². The van der Waals surface area contributed by atoms with E-state index in [-0.39, 0.29) is 5.89 Å². The number of amides is 1. The van der Waals surface area contributed by atoms with Crippen LogP contribution in [0.15, 0.2) is 53.1 Å². The maximum atomic E-state index is 13.2. The van der Waals surface area contributed by atoms with Gasteiger partial charge in [-0.2, -0.15) is 4.98 Å². The molecular formula is C25H25ClN6O4. The first-order chi connectivity index (χ1) is 17.2. The Hall–Kier alpha value is -3.92. The third kappa shape index (κ3) is 4.64. The third-order valence-corrected chi connectivity index (χ3v) is 5.87. The van der Waals surface area contributed by atoms with Crippen LogP contribution in [0.1, 0.15) is 38.5 Å². The summed E-state index contributed by atoms with van der Waals surface area (Å²) in [4.78, 5) is 19.3. The van der Waals surface area contributed by atoms with Gasteiger partial charge >= 0.3 is 6.09 Å². The Morgan fingerprint density at radius 2 is 1.86 bits per heavy atom. The van der Waals surface area contributed by atoms with Crippen LogP contribution in [0, 0.1) is 0 Å². The van der Waals surface area contributed by atoms with Crippen molar-refractivity contribution in [1.82, 2.24) is 29.8 Å². The first kappa shape index (κ1) is 23.8. The van der Waals surface area contributed by atoms with Crippen LogP contribution in [0.25, 0.3) is 22.8 Å². The molecule has 1 atom stereocenters. The lowest BCUT2D eigenvalue weighted by Crippen LogP contribution is -2.45. The van der Waals surface area contributed by atoms with Gasteiger partial charge in [-0.1, -0.05) is 28.9 Å². The monoisotopic (exact) mass is 508 g/mol. The quantitative estimate of drug-likeness (QED) is 0.379. The van der Waals surface area contributed by atoms with Crippen molar-refractivity contribution in [2.75, 3.05) is 13.7 Å². The number of halogens is 1. The number of methoxy groups -OCH3 is 1. The largest absolute Gasteiger partial charge is 0.497 e. The van der Waals surface area contributed by atoms with Crippen molar-refractivity contribution in [2.24, 2.45) is 0 Å². The SMILES string of the molecule is COc1ccc(-c2nnc3n2CCN(C(=O)OC(C)(C)C)C3c2nc(-c3cccc(Cl)c3)no2)cc1. The highest BCUT2D eigenvalue weighted by Crippen LogP contribution is 2.35. The van der Waals surface area contributed by atoms with Gasteiger partial charge in [0.1, 0.15) is 11.4 Å². The van der Waals surface area contributed by atoms with Crippen LogP contribution in [0.3, 0.4) is 0 Å². The van der Waals surface area contributed by atoms with E-state index in [1.165, 1.54) is 0 Å². The number of aromatic nitrogens is 5. The standard InChI is InChI=1S/C25H25ClN6O4/c1-25(2,3)35-24(33)31-12-13-32-21(15-8-10-18(34-4)11-9-15)28-29-22(32)19(31)23-27-20(30-36-23)16-6-5-7-17(26)14-16/h5-11,14,19H,12-13H2,1-4H3. The van der Waals surface area contributed by atoms with E-state index < -0.39 is 17.7 Å². The predicted molar refractivity (Wildman–Crippen MR) is 132 cm³/mol. The van der Waals surface area contributed by atoms with Crippen molar-refractivity contribution in [1.29, 1.82) is 0 Å². The van der Waals surface area contributed by atoms with E-state index in [2.05, 4.69) is 20.3 Å². The highest BCUT2D eigenvalue weighted by molar-refractivity contribution is 6.30. The molecule has 5 rings (SSSR count). The number of hydrogen-bond acceptors (Lipinski definition) is 8. The molecule has 1 amide bonds. The fraction of sp³-hybridized carbons (Fsp3) is 0.320. The molecule has 1 aliphatic heterocycles. The maximum Gasteiger partial charge on any atom is 0.411 e. The third-order valence-electron chi connectivity index (χ3n) is 5.63. The van der Waals surface area contributed by atoms with E-state index >= 15 is 0 Å². The Kier molecular flexibility index (Phi) is 6.13. The Balaban J connectivity index is 1.56. The van der Waals surface area contributed by atoms with E-state index in [1.54, 1.807) is 30.2 Å². The molecule has 10 nitrogen and oxygen atoms in total. The van der Waals surface area contributed by atoms with Crippen molar-refractivity contribution < 1.29 is 18.8 Å². The van der Waals surface area contributed by atoms with Gasteiger partial charge in [0.2, 0.25) is 5.82 Å². The fourth-order valence-electron chi connectivity index (χ4n) is 4.02. The summed E-state index contributed by atoms with van der Waals surface area (Å²) in [7, 11) is 1.62. The summed E-state index contributed by atoms with van der Waals surface area (Å²) in [5, 5.41) is 13.6. The first-order valence-electron chi connectivity index (χ1n) is 11.4. The number of ether oxygens (including phenoxy) is 2. The number of rotatable bonds is 4. The van der Waals surface area contributed by atoms with Crippen LogP contribution in [0.5, 0.6) is 5.75 Å². The van der Waals surface area contributed by atoms with Crippen LogP contribution in [-0.2, 0) is 11.3 Å². The maximum absolute atomic E-state index is 13.2. The normalized spacial score (nSPS) is 15.5. The molecule has 0 spiro atoms. The van der Waals surface area contributed by atoms with Crippen LogP contribution in [-0.4, -0.2) is 55.2 Å². The topological polar surface area (TPSA) is 108 Å². The summed E-state index contributed by atoms with van der Waals surface area (Å²) in [5.41, 5.74) is 0.878. The molecular weight excluding hydrogens is 484 g/mol. The van der Waals surface area contributed by atoms with Crippen molar-refractivity contribution >= 4 is 17.7 Å². The highest BCUT2D eigenvalue weighted by atomic mass is 35.5. The van der Waals surface area contributed by atoms with Gasteiger partial charge in [-0.15, -0.1) is 10.2 Å². The van der Waals surface area contributed by atoms with Gasteiger partial charge < -0.3 is 18.6 Å². The van der Waals surface area contributed by atoms with Gasteiger partial charge in [0, 0.05) is 29.2 Å². The summed E-state index contributed by atoms with van der Waals surface area (Å²) >= 11 is 6.14. The summed E-state index contributed by atoms with van der Waals surface area (Å²) in [6.45, 7) is 6.26. The molecule has 0 fully saturated rings. The minimum absolute atomic E-state index is 0.200. The van der Waals surface area contributed by atoms with Crippen molar-refractivity contribution in [3.63, 3.8) is 0 Å². The summed E-state index contributed by atoms with van der Waals surface area (Å²) < 4.78 is 18.6. The minimum atomic E-state index is -0.784. The average Bonchev–Trinajstić information content (AvgIpc) is 3.50. The van der Waals surface area contributed by atoms with Crippen molar-refractivity contribution in [3.8, 4) is 28.5 Å². The van der Waals surface area contributed by atoms with Crippen LogP contribution in [0.4, 0.5) is 4.79 Å². The Morgan fingerprint density at radius 1 is 1.08 bits per heavy atom. The van der Waals surface area contributed by atoms with Crippen molar-refractivity contribution in [3.05, 3.63) is 65.3 Å². The molecule has 0 saturated heterocycles. The lowest BCUT2D eigenvalue weighted by Gasteiger charge is -2.34. The zero-order valence-electron chi connectivity index (χ0n) is 20.3. The highest BCUT2D eigenvalue weighted by Gasteiger charge is 2.41. The molecule has 0 saturated carbocycles. The van der Waals surface area contributed by atoms with Crippen LogP contribution in [0.2, 0.25) is 5.02 Å². The molecule has 1 aliphatic rings. The molecule has 0 aliphatic carbocycles. The second-order valence-electron chi connectivity index (χ2n) is 9.30. The molecule has 2 aromatic heterocycles. The number of carbonyl (C=O) groups is 1. The molecule has 2 aromatic carbocycles. The van der Waals surface area contributed by atoms with Gasteiger partial charge in [0.05, 0.1) is 7.11 Å². The molecule has 11 heteroatoms. The summed E-state index contributed by atoms with van der Waals surface area (Å²) in [5.74, 6) is 2.45. The molecule has 0 N–H and O–H groups in total. The predicted octanol–water partition coefficient (Wildman–Crippen LogP) is 5.00. The second-order valence-corrected chi connectivity index (χ2v) is 9.74. The molecule has 4 aromatic rings. The van der Waals surface area contributed by atoms with E-state index in [1.807, 2.05) is 55.7 Å². The number of fused-ring (bicyclic) bond motifs is 1. The van der Waals surface area contributed by atoms with Crippen molar-refractivity contribution in [2.45, 2.75) is 39.0 Å². The van der Waals surface area contributed by atoms with Gasteiger partial charge in [0.25, 0.3) is 5.89 Å². The minimum Gasteiger partial charge on any atom is -0.497 e. The van der Waals surface area contributed by atoms with Gasteiger partial charge in [0.15, 0.2) is 17.7 Å². The number of nitrogens with zero attached hydrogens (tertiary/aromatic N) is 6. The number of benzene rings is 2. The van der Waals surface area contributed by atoms with Gasteiger partial charge in [-0.3, -0.25) is 4.90 Å². The van der Waals surface area contributed by atoms with Gasteiger partial charge in [-0.05, 0) is 57.2 Å². The lowest BCUT2D eigenvalue weighted by molar-refractivity contribution is 0.0110. The van der Waals surface area contributed by atoms with E-state index in [4.69, 9.17) is 25.6 Å². The number of hydrogen-bond donors (Lipinski definition) is 0. The zero-order valence-corrected chi connectivity index (χ0v) is 21.1. The molecule has 186 valence electrons. The summed E-state index contributed by atoms with van der Waals surface area (Å²) in [6, 6.07) is 13.9. The van der Waals surface area contributed by atoms with E-state index in [0.29, 0.717) is 41.1 Å².